The monoisotopic (exact) mass is 282 g/mol. The highest BCUT2D eigenvalue weighted by Crippen LogP contribution is 2.17. The maximum atomic E-state index is 11.7. The van der Waals surface area contributed by atoms with Crippen LogP contribution in [0.25, 0.3) is 6.08 Å². The van der Waals surface area contributed by atoms with Crippen LogP contribution in [0.5, 0.6) is 0 Å². The molecule has 21 heavy (non-hydrogen) atoms. The Morgan fingerprint density at radius 2 is 2.00 bits per heavy atom. The predicted molar refractivity (Wildman–Crippen MR) is 77.0 cm³/mol. The molecule has 2 N–H and O–H groups in total. The van der Waals surface area contributed by atoms with E-state index in [9.17, 15) is 9.59 Å². The van der Waals surface area contributed by atoms with Crippen LogP contribution in [0.1, 0.15) is 17.5 Å². The van der Waals surface area contributed by atoms with Crippen molar-refractivity contribution in [1.29, 1.82) is 5.26 Å². The minimum absolute atomic E-state index is 0.246. The fourth-order valence-corrected chi connectivity index (χ4v) is 2.06. The van der Waals surface area contributed by atoms with Crippen LogP contribution in [0.3, 0.4) is 0 Å². The summed E-state index contributed by atoms with van der Waals surface area (Å²) in [4.78, 5) is 22.5. The standard InChI is InChI=1S/C16H14N2O3/c17-10-12-3-1-11(2-4-12)5-8-15(19)18-14-7-6-13(9-14)16(20)21/h1-8,13-14H,9H2,(H,18,19)(H,20,21). The van der Waals surface area contributed by atoms with E-state index >= 15 is 0 Å². The molecule has 5 nitrogen and oxygen atoms in total. The highest BCUT2D eigenvalue weighted by molar-refractivity contribution is 5.92. The number of benzene rings is 1. The lowest BCUT2D eigenvalue weighted by molar-refractivity contribution is -0.140. The van der Waals surface area contributed by atoms with Crippen LogP contribution in [0, 0.1) is 17.2 Å². The van der Waals surface area contributed by atoms with Gasteiger partial charge in [-0.15, -0.1) is 0 Å². The van der Waals surface area contributed by atoms with Gasteiger partial charge in [0.2, 0.25) is 5.91 Å². The Bertz CT molecular complexity index is 638. The third kappa shape index (κ3) is 4.05. The molecule has 0 fully saturated rings. The molecule has 1 aliphatic rings. The Morgan fingerprint density at radius 3 is 2.57 bits per heavy atom. The van der Waals surface area contributed by atoms with Crippen molar-refractivity contribution in [3.63, 3.8) is 0 Å². The molecule has 0 aromatic heterocycles. The summed E-state index contributed by atoms with van der Waals surface area (Å²) in [6, 6.07) is 8.62. The zero-order valence-electron chi connectivity index (χ0n) is 11.2. The molecular formula is C16H14N2O3. The summed E-state index contributed by atoms with van der Waals surface area (Å²) < 4.78 is 0. The van der Waals surface area contributed by atoms with Crippen LogP contribution in [0.4, 0.5) is 0 Å². The van der Waals surface area contributed by atoms with Gasteiger partial charge in [-0.1, -0.05) is 24.3 Å². The molecule has 0 radical (unpaired) electrons. The number of carbonyl (C=O) groups is 2. The van der Waals surface area contributed by atoms with Crippen molar-refractivity contribution in [3.05, 3.63) is 53.6 Å². The number of nitrogens with zero attached hydrogens (tertiary/aromatic N) is 1. The van der Waals surface area contributed by atoms with Crippen LogP contribution in [0.15, 0.2) is 42.5 Å². The van der Waals surface area contributed by atoms with Gasteiger partial charge < -0.3 is 10.4 Å². The van der Waals surface area contributed by atoms with E-state index in [0.717, 1.165) is 5.56 Å². The highest BCUT2D eigenvalue weighted by atomic mass is 16.4. The van der Waals surface area contributed by atoms with Crippen molar-refractivity contribution in [3.8, 4) is 6.07 Å². The number of carboxylic acids is 1. The fourth-order valence-electron chi connectivity index (χ4n) is 2.06. The molecule has 0 aliphatic heterocycles. The number of hydrogen-bond acceptors (Lipinski definition) is 3. The number of nitrogens with one attached hydrogen (secondary N) is 1. The molecule has 0 saturated heterocycles. The SMILES string of the molecule is N#Cc1ccc(C=CC(=O)NC2C=CC(C(=O)O)C2)cc1. The van der Waals surface area contributed by atoms with Crippen molar-refractivity contribution < 1.29 is 14.7 Å². The molecule has 1 aliphatic carbocycles. The van der Waals surface area contributed by atoms with E-state index in [4.69, 9.17) is 10.4 Å². The summed E-state index contributed by atoms with van der Waals surface area (Å²) in [5, 5.41) is 20.3. The van der Waals surface area contributed by atoms with Crippen LogP contribution >= 0.6 is 0 Å². The largest absolute Gasteiger partial charge is 0.481 e. The summed E-state index contributed by atoms with van der Waals surface area (Å²) in [5.41, 5.74) is 1.38. The smallest absolute Gasteiger partial charge is 0.310 e. The quantitative estimate of drug-likeness (QED) is 0.650. The summed E-state index contributed by atoms with van der Waals surface area (Å²) in [5.74, 6) is -1.69. The third-order valence-electron chi connectivity index (χ3n) is 3.20. The lowest BCUT2D eigenvalue weighted by atomic mass is 10.1. The first kappa shape index (κ1) is 14.5. The maximum Gasteiger partial charge on any atom is 0.310 e. The molecule has 2 unspecified atom stereocenters. The second kappa shape index (κ2) is 6.53. The van der Waals surface area contributed by atoms with Crippen LogP contribution < -0.4 is 5.32 Å². The molecule has 0 saturated carbocycles. The number of aliphatic carboxylic acids is 1. The van der Waals surface area contributed by atoms with Gasteiger partial charge in [0, 0.05) is 12.1 Å². The number of carbonyl (C=O) groups excluding carboxylic acids is 1. The van der Waals surface area contributed by atoms with Crippen molar-refractivity contribution in [2.24, 2.45) is 5.92 Å². The van der Waals surface area contributed by atoms with Gasteiger partial charge >= 0.3 is 5.97 Å². The van der Waals surface area contributed by atoms with Crippen LogP contribution in [-0.4, -0.2) is 23.0 Å². The van der Waals surface area contributed by atoms with Gasteiger partial charge in [0.1, 0.15) is 0 Å². The van der Waals surface area contributed by atoms with E-state index in [0.29, 0.717) is 12.0 Å². The Balaban J connectivity index is 1.87. The van der Waals surface area contributed by atoms with Gasteiger partial charge in [0.05, 0.1) is 17.6 Å². The van der Waals surface area contributed by atoms with E-state index in [1.807, 2.05) is 6.07 Å². The Kier molecular flexibility index (Phi) is 4.52. The fraction of sp³-hybridized carbons (Fsp3) is 0.188. The first-order chi connectivity index (χ1) is 10.1. The highest BCUT2D eigenvalue weighted by Gasteiger charge is 2.24. The Labute approximate surface area is 122 Å². The Hall–Kier alpha value is -2.87. The molecule has 1 amide bonds. The first-order valence-electron chi connectivity index (χ1n) is 6.48. The number of amides is 1. The van der Waals surface area contributed by atoms with E-state index in [2.05, 4.69) is 5.32 Å². The van der Waals surface area contributed by atoms with Crippen LogP contribution in [0.2, 0.25) is 0 Å². The second-order valence-corrected chi connectivity index (χ2v) is 4.75. The van der Waals surface area contributed by atoms with Gasteiger partial charge in [0.15, 0.2) is 0 Å². The molecule has 1 aromatic carbocycles. The Morgan fingerprint density at radius 1 is 1.29 bits per heavy atom. The predicted octanol–water partition coefficient (Wildman–Crippen LogP) is 1.72. The molecular weight excluding hydrogens is 268 g/mol. The molecule has 0 heterocycles. The topological polar surface area (TPSA) is 90.2 Å². The van der Waals surface area contributed by atoms with Crippen molar-refractivity contribution in [1.82, 2.24) is 5.32 Å². The average Bonchev–Trinajstić information content (AvgIpc) is 2.94. The van der Waals surface area contributed by atoms with Crippen molar-refractivity contribution in [2.75, 3.05) is 0 Å². The molecule has 5 heteroatoms. The minimum atomic E-state index is -0.879. The normalized spacial score (nSPS) is 20.3. The molecule has 0 bridgehead atoms. The number of hydrogen-bond donors (Lipinski definition) is 2. The van der Waals surface area contributed by atoms with E-state index in [-0.39, 0.29) is 11.9 Å². The second-order valence-electron chi connectivity index (χ2n) is 4.75. The number of rotatable bonds is 4. The summed E-state index contributed by atoms with van der Waals surface area (Å²) in [7, 11) is 0. The molecule has 2 atom stereocenters. The van der Waals surface area contributed by atoms with Crippen molar-refractivity contribution in [2.45, 2.75) is 12.5 Å². The minimum Gasteiger partial charge on any atom is -0.481 e. The van der Waals surface area contributed by atoms with E-state index in [1.165, 1.54) is 6.08 Å². The van der Waals surface area contributed by atoms with Crippen molar-refractivity contribution >= 4 is 18.0 Å². The summed E-state index contributed by atoms with van der Waals surface area (Å²) in [6.45, 7) is 0. The van der Waals surface area contributed by atoms with Gasteiger partial charge in [0.25, 0.3) is 0 Å². The molecule has 0 spiro atoms. The summed E-state index contributed by atoms with van der Waals surface area (Å²) >= 11 is 0. The van der Waals surface area contributed by atoms with E-state index in [1.54, 1.807) is 42.5 Å². The number of nitriles is 1. The van der Waals surface area contributed by atoms with Gasteiger partial charge in [-0.3, -0.25) is 9.59 Å². The lowest BCUT2D eigenvalue weighted by Crippen LogP contribution is -2.31. The third-order valence-corrected chi connectivity index (χ3v) is 3.20. The lowest BCUT2D eigenvalue weighted by Gasteiger charge is -2.10. The average molecular weight is 282 g/mol. The zero-order chi connectivity index (χ0) is 15.2. The molecule has 1 aromatic rings. The molecule has 2 rings (SSSR count). The maximum absolute atomic E-state index is 11.7. The van der Waals surface area contributed by atoms with E-state index < -0.39 is 11.9 Å². The molecule has 106 valence electrons. The first-order valence-corrected chi connectivity index (χ1v) is 6.48. The van der Waals surface area contributed by atoms with Gasteiger partial charge in [-0.25, -0.2) is 0 Å². The van der Waals surface area contributed by atoms with Gasteiger partial charge in [-0.2, -0.15) is 5.26 Å². The zero-order valence-corrected chi connectivity index (χ0v) is 11.2. The number of carboxylic acid groups (broad SMARTS) is 1. The van der Waals surface area contributed by atoms with Gasteiger partial charge in [-0.05, 0) is 30.2 Å². The summed E-state index contributed by atoms with van der Waals surface area (Å²) in [6.07, 6.45) is 6.71. The van der Waals surface area contributed by atoms with Crippen LogP contribution in [-0.2, 0) is 9.59 Å².